The average Bonchev–Trinajstić information content (AvgIpc) is 3.31. The van der Waals surface area contributed by atoms with Crippen LogP contribution in [0.15, 0.2) is 218 Å². The highest BCUT2D eigenvalue weighted by Crippen LogP contribution is 2.46. The quantitative estimate of drug-likeness (QED) is 0.176. The normalized spacial score (nSPS) is 11.4. The summed E-state index contributed by atoms with van der Waals surface area (Å²) >= 11 is 0. The lowest BCUT2D eigenvalue weighted by molar-refractivity contribution is 1.29. The SMILES string of the molecule is c1ccc(-c2ccc(-c3nc4ccccc4nc3-c3ccc(Nc4cc(-c5cccc6ccccc56)c5ccccc5c4-c4cccc5ccccc45)cc3)cc2)cc1. The molecule has 3 heteroatoms. The Morgan fingerprint density at radius 2 is 0.763 bits per heavy atom. The molecule has 276 valence electrons. The van der Waals surface area contributed by atoms with E-state index in [9.17, 15) is 0 Å². The number of aromatic nitrogens is 2. The van der Waals surface area contributed by atoms with E-state index in [1.165, 1.54) is 65.7 Å². The van der Waals surface area contributed by atoms with Gasteiger partial charge in [-0.3, -0.25) is 0 Å². The molecule has 10 aromatic carbocycles. The number of hydrogen-bond acceptors (Lipinski definition) is 3. The van der Waals surface area contributed by atoms with Crippen molar-refractivity contribution in [2.45, 2.75) is 0 Å². The monoisotopic (exact) mass is 751 g/mol. The first-order valence-corrected chi connectivity index (χ1v) is 20.1. The van der Waals surface area contributed by atoms with Gasteiger partial charge in [0, 0.05) is 28.1 Å². The second kappa shape index (κ2) is 14.6. The van der Waals surface area contributed by atoms with Gasteiger partial charge in [-0.15, -0.1) is 0 Å². The molecule has 59 heavy (non-hydrogen) atoms. The number of nitrogens with one attached hydrogen (secondary N) is 1. The molecule has 0 saturated heterocycles. The summed E-state index contributed by atoms with van der Waals surface area (Å²) in [6, 6.07) is 77.6. The molecule has 0 spiro atoms. The Bertz CT molecular complexity index is 3320. The van der Waals surface area contributed by atoms with Gasteiger partial charge in [0.15, 0.2) is 0 Å². The first kappa shape index (κ1) is 34.4. The van der Waals surface area contributed by atoms with Gasteiger partial charge >= 0.3 is 0 Å². The molecule has 0 bridgehead atoms. The third kappa shape index (κ3) is 6.26. The van der Waals surface area contributed by atoms with Crippen LogP contribution < -0.4 is 5.32 Å². The van der Waals surface area contributed by atoms with Crippen LogP contribution in [0.2, 0.25) is 0 Å². The molecule has 0 fully saturated rings. The minimum atomic E-state index is 0.850. The lowest BCUT2D eigenvalue weighted by Gasteiger charge is -2.21. The van der Waals surface area contributed by atoms with Crippen molar-refractivity contribution in [3.05, 3.63) is 218 Å². The summed E-state index contributed by atoms with van der Waals surface area (Å²) in [7, 11) is 0. The zero-order valence-corrected chi connectivity index (χ0v) is 32.2. The van der Waals surface area contributed by atoms with E-state index in [0.29, 0.717) is 0 Å². The van der Waals surface area contributed by atoms with Crippen LogP contribution in [0.25, 0.3) is 99.2 Å². The van der Waals surface area contributed by atoms with Crippen molar-refractivity contribution in [1.29, 1.82) is 0 Å². The zero-order chi connectivity index (χ0) is 39.1. The van der Waals surface area contributed by atoms with Gasteiger partial charge in [-0.25, -0.2) is 9.97 Å². The Kier molecular flexibility index (Phi) is 8.49. The van der Waals surface area contributed by atoms with Crippen molar-refractivity contribution in [3.8, 4) is 55.9 Å². The van der Waals surface area contributed by atoms with Gasteiger partial charge in [-0.1, -0.05) is 188 Å². The molecular formula is C56H37N3. The summed E-state index contributed by atoms with van der Waals surface area (Å²) < 4.78 is 0. The van der Waals surface area contributed by atoms with Crippen LogP contribution >= 0.6 is 0 Å². The third-order valence-corrected chi connectivity index (χ3v) is 11.5. The van der Waals surface area contributed by atoms with Gasteiger partial charge in [-0.2, -0.15) is 0 Å². The molecule has 3 nitrogen and oxygen atoms in total. The smallest absolute Gasteiger partial charge is 0.0973 e. The predicted molar refractivity (Wildman–Crippen MR) is 249 cm³/mol. The van der Waals surface area contributed by atoms with Crippen LogP contribution in [-0.2, 0) is 0 Å². The van der Waals surface area contributed by atoms with Crippen LogP contribution in [0.3, 0.4) is 0 Å². The van der Waals surface area contributed by atoms with Crippen LogP contribution in [0.1, 0.15) is 0 Å². The number of benzene rings is 10. The fourth-order valence-corrected chi connectivity index (χ4v) is 8.61. The van der Waals surface area contributed by atoms with Crippen LogP contribution in [0.5, 0.6) is 0 Å². The van der Waals surface area contributed by atoms with Crippen LogP contribution in [0, 0.1) is 0 Å². The molecule has 11 aromatic rings. The second-order valence-corrected chi connectivity index (χ2v) is 15.0. The van der Waals surface area contributed by atoms with E-state index in [4.69, 9.17) is 9.97 Å². The first-order valence-electron chi connectivity index (χ1n) is 20.1. The van der Waals surface area contributed by atoms with Crippen LogP contribution in [-0.4, -0.2) is 9.97 Å². The summed E-state index contributed by atoms with van der Waals surface area (Å²) in [6.07, 6.45) is 0. The minimum Gasteiger partial charge on any atom is -0.355 e. The van der Waals surface area contributed by atoms with Crippen molar-refractivity contribution in [2.75, 3.05) is 5.32 Å². The van der Waals surface area contributed by atoms with Gasteiger partial charge in [0.05, 0.1) is 22.4 Å². The Morgan fingerprint density at radius 3 is 1.41 bits per heavy atom. The summed E-state index contributed by atoms with van der Waals surface area (Å²) in [5.41, 5.74) is 14.6. The molecule has 0 unspecified atom stereocenters. The van der Waals surface area contributed by atoms with E-state index in [2.05, 4.69) is 193 Å². The van der Waals surface area contributed by atoms with Gasteiger partial charge in [0.25, 0.3) is 0 Å². The zero-order valence-electron chi connectivity index (χ0n) is 32.2. The first-order chi connectivity index (χ1) is 29.2. The number of hydrogen-bond donors (Lipinski definition) is 1. The van der Waals surface area contributed by atoms with Crippen molar-refractivity contribution in [3.63, 3.8) is 0 Å². The average molecular weight is 752 g/mol. The second-order valence-electron chi connectivity index (χ2n) is 15.0. The predicted octanol–water partition coefficient (Wildman–Crippen LogP) is 15.2. The fourth-order valence-electron chi connectivity index (χ4n) is 8.61. The number of anilines is 2. The van der Waals surface area contributed by atoms with E-state index in [1.54, 1.807) is 0 Å². The molecule has 0 amide bonds. The Labute approximate surface area is 342 Å². The molecule has 11 rings (SSSR count). The molecule has 0 aliphatic heterocycles. The van der Waals surface area contributed by atoms with Crippen molar-refractivity contribution in [2.24, 2.45) is 0 Å². The van der Waals surface area contributed by atoms with Crippen LogP contribution in [0.4, 0.5) is 11.4 Å². The van der Waals surface area contributed by atoms with Crippen molar-refractivity contribution < 1.29 is 0 Å². The summed E-state index contributed by atoms with van der Waals surface area (Å²) in [6.45, 7) is 0. The summed E-state index contributed by atoms with van der Waals surface area (Å²) in [4.78, 5) is 10.4. The Balaban J connectivity index is 1.05. The summed E-state index contributed by atoms with van der Waals surface area (Å²) in [5, 5.41) is 11.2. The summed E-state index contributed by atoms with van der Waals surface area (Å²) in [5.74, 6) is 0. The van der Waals surface area contributed by atoms with Gasteiger partial charge in [0.2, 0.25) is 0 Å². The lowest BCUT2D eigenvalue weighted by atomic mass is 9.87. The third-order valence-electron chi connectivity index (χ3n) is 11.5. The standard InChI is InChI=1S/C56H37N3/c1-2-14-37(15-3-1)38-28-30-41(31-29-38)55-56(59-52-27-11-10-26-51(52)58-55)42-32-34-43(35-33-42)57-53-36-50(46-24-12-18-39-16-4-6-20-44(39)46)47-22-8-9-23-49(47)54(53)48-25-13-19-40-17-5-7-21-45(40)48/h1-36,57H. The highest BCUT2D eigenvalue weighted by molar-refractivity contribution is 6.16. The van der Waals surface area contributed by atoms with Gasteiger partial charge in [-0.05, 0) is 90.5 Å². The maximum atomic E-state index is 5.22. The van der Waals surface area contributed by atoms with Gasteiger partial charge in [0.1, 0.15) is 0 Å². The molecule has 0 atom stereocenters. The van der Waals surface area contributed by atoms with Crippen molar-refractivity contribution >= 4 is 54.7 Å². The van der Waals surface area contributed by atoms with E-state index in [1.807, 2.05) is 30.3 Å². The molecule has 1 N–H and O–H groups in total. The van der Waals surface area contributed by atoms with Crippen molar-refractivity contribution in [1.82, 2.24) is 9.97 Å². The van der Waals surface area contributed by atoms with E-state index >= 15 is 0 Å². The number of nitrogens with zero attached hydrogens (tertiary/aromatic N) is 2. The highest BCUT2D eigenvalue weighted by atomic mass is 14.9. The van der Waals surface area contributed by atoms with E-state index in [0.717, 1.165) is 44.9 Å². The fraction of sp³-hybridized carbons (Fsp3) is 0. The molecule has 0 aliphatic rings. The maximum absolute atomic E-state index is 5.22. The topological polar surface area (TPSA) is 37.8 Å². The Hall–Kier alpha value is -7.88. The highest BCUT2D eigenvalue weighted by Gasteiger charge is 2.19. The molecule has 1 heterocycles. The molecule has 0 saturated carbocycles. The Morgan fingerprint density at radius 1 is 0.305 bits per heavy atom. The minimum absolute atomic E-state index is 0.850. The van der Waals surface area contributed by atoms with E-state index in [-0.39, 0.29) is 0 Å². The number of rotatable bonds is 7. The molecule has 1 aromatic heterocycles. The largest absolute Gasteiger partial charge is 0.355 e. The number of para-hydroxylation sites is 2. The molecular weight excluding hydrogens is 715 g/mol. The number of fused-ring (bicyclic) bond motifs is 4. The lowest BCUT2D eigenvalue weighted by Crippen LogP contribution is -1.98. The molecule has 0 radical (unpaired) electrons. The van der Waals surface area contributed by atoms with Gasteiger partial charge < -0.3 is 5.32 Å². The maximum Gasteiger partial charge on any atom is 0.0973 e. The molecule has 0 aliphatic carbocycles. The van der Waals surface area contributed by atoms with E-state index < -0.39 is 0 Å².